The first-order valence-electron chi connectivity index (χ1n) is 11.3. The predicted octanol–water partition coefficient (Wildman–Crippen LogP) is 4.93. The van der Waals surface area contributed by atoms with Crippen molar-refractivity contribution in [1.82, 2.24) is 19.7 Å². The maximum Gasteiger partial charge on any atom is 0.137 e. The SMILES string of the molecule is Cc1ccc(-c2cc3c(s2)CCN([C@H](C)[C@](O)(Cn2cncn2)c2ccc(F)cc2F)C3)cc1. The summed E-state index contributed by atoms with van der Waals surface area (Å²) in [4.78, 5) is 8.67. The smallest absolute Gasteiger partial charge is 0.137 e. The Morgan fingerprint density at radius 3 is 2.65 bits per heavy atom. The van der Waals surface area contributed by atoms with Gasteiger partial charge >= 0.3 is 0 Å². The highest BCUT2D eigenvalue weighted by Crippen LogP contribution is 2.38. The number of rotatable bonds is 6. The van der Waals surface area contributed by atoms with E-state index in [0.29, 0.717) is 6.54 Å². The summed E-state index contributed by atoms with van der Waals surface area (Å²) in [5.74, 6) is -1.45. The van der Waals surface area contributed by atoms with E-state index in [1.807, 2.05) is 6.92 Å². The maximum absolute atomic E-state index is 14.9. The van der Waals surface area contributed by atoms with E-state index in [2.05, 4.69) is 52.2 Å². The van der Waals surface area contributed by atoms with E-state index < -0.39 is 23.3 Å². The maximum atomic E-state index is 14.9. The molecule has 8 heteroatoms. The molecule has 3 heterocycles. The number of benzene rings is 2. The van der Waals surface area contributed by atoms with E-state index in [1.54, 1.807) is 11.3 Å². The van der Waals surface area contributed by atoms with Crippen molar-refractivity contribution < 1.29 is 13.9 Å². The second-order valence-electron chi connectivity index (χ2n) is 8.96. The molecule has 0 saturated carbocycles. The summed E-state index contributed by atoms with van der Waals surface area (Å²) in [6, 6.07) is 13.6. The molecule has 176 valence electrons. The van der Waals surface area contributed by atoms with Crippen molar-refractivity contribution in [2.45, 2.75) is 45.0 Å². The van der Waals surface area contributed by atoms with Gasteiger partial charge < -0.3 is 5.11 Å². The van der Waals surface area contributed by atoms with Gasteiger partial charge in [-0.1, -0.05) is 35.9 Å². The van der Waals surface area contributed by atoms with Crippen LogP contribution in [0.15, 0.2) is 61.2 Å². The third kappa shape index (κ3) is 4.29. The first-order valence-corrected chi connectivity index (χ1v) is 12.1. The minimum atomic E-state index is -1.64. The summed E-state index contributed by atoms with van der Waals surface area (Å²) in [6.45, 7) is 5.33. The molecule has 0 radical (unpaired) electrons. The highest BCUT2D eigenvalue weighted by atomic mass is 32.1. The Morgan fingerprint density at radius 1 is 1.15 bits per heavy atom. The van der Waals surface area contributed by atoms with Crippen LogP contribution in [0.3, 0.4) is 0 Å². The number of fused-ring (bicyclic) bond motifs is 1. The minimum Gasteiger partial charge on any atom is -0.381 e. The van der Waals surface area contributed by atoms with Crippen molar-refractivity contribution >= 4 is 11.3 Å². The van der Waals surface area contributed by atoms with E-state index in [1.165, 1.54) is 55.9 Å². The highest BCUT2D eigenvalue weighted by molar-refractivity contribution is 7.15. The van der Waals surface area contributed by atoms with Crippen molar-refractivity contribution in [3.8, 4) is 10.4 Å². The number of hydrogen-bond acceptors (Lipinski definition) is 5. The van der Waals surface area contributed by atoms with Crippen LogP contribution in [-0.4, -0.2) is 37.4 Å². The molecule has 5 nitrogen and oxygen atoms in total. The third-order valence-corrected chi connectivity index (χ3v) is 8.02. The second-order valence-corrected chi connectivity index (χ2v) is 10.1. The second kappa shape index (κ2) is 9.02. The summed E-state index contributed by atoms with van der Waals surface area (Å²) >= 11 is 1.81. The number of nitrogens with zero attached hydrogens (tertiary/aromatic N) is 4. The van der Waals surface area contributed by atoms with Gasteiger partial charge in [0.2, 0.25) is 0 Å². The summed E-state index contributed by atoms with van der Waals surface area (Å²) in [7, 11) is 0. The van der Waals surface area contributed by atoms with Gasteiger partial charge in [-0.25, -0.2) is 18.4 Å². The summed E-state index contributed by atoms with van der Waals surface area (Å²) < 4.78 is 30.0. The van der Waals surface area contributed by atoms with E-state index in [0.717, 1.165) is 19.0 Å². The van der Waals surface area contributed by atoms with Gasteiger partial charge in [-0.15, -0.1) is 11.3 Å². The quantitative estimate of drug-likeness (QED) is 0.425. The van der Waals surface area contributed by atoms with Gasteiger partial charge in [-0.2, -0.15) is 5.10 Å². The zero-order valence-corrected chi connectivity index (χ0v) is 19.9. The lowest BCUT2D eigenvalue weighted by Gasteiger charge is -2.42. The number of aryl methyl sites for hydroxylation is 1. The number of thiophene rings is 1. The van der Waals surface area contributed by atoms with Crippen LogP contribution in [0.5, 0.6) is 0 Å². The third-order valence-electron chi connectivity index (χ3n) is 6.74. The van der Waals surface area contributed by atoms with Gasteiger partial charge in [0.15, 0.2) is 0 Å². The largest absolute Gasteiger partial charge is 0.381 e. The average Bonchev–Trinajstić information content (AvgIpc) is 3.48. The molecule has 4 aromatic rings. The Morgan fingerprint density at radius 2 is 1.94 bits per heavy atom. The molecule has 0 aliphatic carbocycles. The van der Waals surface area contributed by atoms with Gasteiger partial charge in [-0.05, 0) is 43.5 Å². The fourth-order valence-corrected chi connectivity index (χ4v) is 5.86. The number of halogens is 2. The van der Waals surface area contributed by atoms with Crippen LogP contribution >= 0.6 is 11.3 Å². The first kappa shape index (κ1) is 22.8. The van der Waals surface area contributed by atoms with E-state index >= 15 is 0 Å². The molecule has 1 aliphatic heterocycles. The van der Waals surface area contributed by atoms with E-state index in [4.69, 9.17) is 0 Å². The van der Waals surface area contributed by atoms with Crippen LogP contribution in [0.25, 0.3) is 10.4 Å². The molecular formula is C26H26F2N4OS. The molecule has 1 aliphatic rings. The Balaban J connectivity index is 1.45. The molecule has 0 saturated heterocycles. The average molecular weight is 481 g/mol. The van der Waals surface area contributed by atoms with Crippen molar-refractivity contribution in [2.24, 2.45) is 0 Å². The fraction of sp³-hybridized carbons (Fsp3) is 0.308. The fourth-order valence-electron chi connectivity index (χ4n) is 4.69. The molecule has 0 fully saturated rings. The van der Waals surface area contributed by atoms with Crippen molar-refractivity contribution in [1.29, 1.82) is 0 Å². The summed E-state index contributed by atoms with van der Waals surface area (Å²) in [5.41, 5.74) is 2.05. The van der Waals surface area contributed by atoms with Crippen LogP contribution in [0, 0.1) is 18.6 Å². The Hall–Kier alpha value is -2.94. The molecule has 0 bridgehead atoms. The monoisotopic (exact) mass is 480 g/mol. The van der Waals surface area contributed by atoms with Gasteiger partial charge in [-0.3, -0.25) is 4.90 Å². The van der Waals surface area contributed by atoms with Crippen LogP contribution < -0.4 is 0 Å². The zero-order valence-electron chi connectivity index (χ0n) is 19.1. The Kier molecular flexibility index (Phi) is 6.06. The molecule has 5 rings (SSSR count). The Labute approximate surface area is 201 Å². The first-order chi connectivity index (χ1) is 16.3. The lowest BCUT2D eigenvalue weighted by atomic mass is 9.84. The topological polar surface area (TPSA) is 54.2 Å². The van der Waals surface area contributed by atoms with Crippen molar-refractivity contribution in [2.75, 3.05) is 6.54 Å². The molecule has 34 heavy (non-hydrogen) atoms. The Bertz CT molecular complexity index is 1290. The molecular weight excluding hydrogens is 454 g/mol. The number of hydrogen-bond donors (Lipinski definition) is 1. The standard InChI is InChI=1S/C26H26F2N4OS/c1-17-3-5-19(6-4-17)25-11-20-13-31(10-9-24(20)34-25)18(2)26(33,14-32-16-29-15-30-32)22-8-7-21(27)12-23(22)28/h3-8,11-12,15-16,18,33H,9-10,13-14H2,1-2H3/t18-,26-/m1/s1. The van der Waals surface area contributed by atoms with Crippen molar-refractivity contribution in [3.05, 3.63) is 94.4 Å². The van der Waals surface area contributed by atoms with E-state index in [-0.39, 0.29) is 12.1 Å². The number of aromatic nitrogens is 3. The number of aliphatic hydroxyl groups is 1. The normalized spacial score (nSPS) is 16.7. The van der Waals surface area contributed by atoms with Gasteiger partial charge in [0, 0.05) is 40.5 Å². The summed E-state index contributed by atoms with van der Waals surface area (Å²) in [5, 5.41) is 16.0. The lowest BCUT2D eigenvalue weighted by molar-refractivity contribution is -0.0675. The van der Waals surface area contributed by atoms with Crippen LogP contribution in [0.1, 0.15) is 28.5 Å². The van der Waals surface area contributed by atoms with Crippen LogP contribution in [-0.2, 0) is 25.1 Å². The summed E-state index contributed by atoms with van der Waals surface area (Å²) in [6.07, 6.45) is 3.71. The predicted molar refractivity (Wildman–Crippen MR) is 128 cm³/mol. The highest BCUT2D eigenvalue weighted by Gasteiger charge is 2.42. The van der Waals surface area contributed by atoms with E-state index in [9.17, 15) is 13.9 Å². The van der Waals surface area contributed by atoms with Gasteiger partial charge in [0.1, 0.15) is 29.9 Å². The molecule has 0 unspecified atom stereocenters. The van der Waals surface area contributed by atoms with Gasteiger partial charge in [0.05, 0.1) is 6.54 Å². The lowest BCUT2D eigenvalue weighted by Crippen LogP contribution is -2.53. The van der Waals surface area contributed by atoms with Crippen LogP contribution in [0.2, 0.25) is 0 Å². The van der Waals surface area contributed by atoms with Crippen molar-refractivity contribution in [3.63, 3.8) is 0 Å². The molecule has 0 spiro atoms. The molecule has 2 aromatic heterocycles. The molecule has 2 atom stereocenters. The van der Waals surface area contributed by atoms with Crippen LogP contribution in [0.4, 0.5) is 8.78 Å². The molecule has 2 aromatic carbocycles. The zero-order chi connectivity index (χ0) is 23.9. The van der Waals surface area contributed by atoms with Gasteiger partial charge in [0.25, 0.3) is 0 Å². The molecule has 1 N–H and O–H groups in total. The molecule has 0 amide bonds. The minimum absolute atomic E-state index is 0.00166.